The number of benzene rings is 1. The number of nitrogens with zero attached hydrogens (tertiary/aromatic N) is 7. The van der Waals surface area contributed by atoms with Gasteiger partial charge in [-0.15, -0.1) is 5.10 Å². The molecule has 0 aliphatic carbocycles. The predicted octanol–water partition coefficient (Wildman–Crippen LogP) is 2.83. The van der Waals surface area contributed by atoms with Crippen LogP contribution in [0.5, 0.6) is 0 Å². The summed E-state index contributed by atoms with van der Waals surface area (Å²) < 4.78 is 54.9. The van der Waals surface area contributed by atoms with Gasteiger partial charge >= 0.3 is 0 Å². The number of carbonyl (C=O) groups excluding carboxylic acids is 1. The highest BCUT2D eigenvalue weighted by molar-refractivity contribution is 5.94. The second kappa shape index (κ2) is 9.91. The smallest absolute Gasteiger partial charge is 0.270 e. The first-order chi connectivity index (χ1) is 18.5. The average Bonchev–Trinajstić information content (AvgIpc) is 3.32. The highest BCUT2D eigenvalue weighted by Crippen LogP contribution is 2.31. The molecule has 0 unspecified atom stereocenters. The molecule has 1 aliphatic heterocycles. The van der Waals surface area contributed by atoms with Crippen LogP contribution in [0.2, 0.25) is 0 Å². The molecule has 3 aromatic heterocycles. The number of hydrogen-bond acceptors (Lipinski definition) is 8. The van der Waals surface area contributed by atoms with Gasteiger partial charge in [-0.1, -0.05) is 0 Å². The molecule has 206 valence electrons. The number of carbonyl (C=O) groups is 1. The molecule has 14 heteroatoms. The van der Waals surface area contributed by atoms with Crippen LogP contribution in [-0.4, -0.2) is 78.7 Å². The number of nitrogens with two attached hydrogens (primary N) is 1. The SMILES string of the molecule is C[C@@H](CCCc1nc2c3cc(F)cc(F)c3nc(N)n2n1)N(C)C(=O)c1ccc(N2CC(O)(C(F)F)C2)nc1. The molecule has 0 saturated carbocycles. The normalized spacial score (nSPS) is 15.6. The van der Waals surface area contributed by atoms with E-state index >= 15 is 0 Å². The van der Waals surface area contributed by atoms with E-state index in [1.165, 1.54) is 15.6 Å². The van der Waals surface area contributed by atoms with Crippen LogP contribution in [0.4, 0.5) is 29.3 Å². The fourth-order valence-corrected chi connectivity index (χ4v) is 4.57. The molecule has 1 atom stereocenters. The van der Waals surface area contributed by atoms with Gasteiger partial charge in [0.05, 0.1) is 24.0 Å². The number of anilines is 2. The number of pyridine rings is 1. The lowest BCUT2D eigenvalue weighted by Gasteiger charge is -2.46. The topological polar surface area (TPSA) is 126 Å². The van der Waals surface area contributed by atoms with Gasteiger partial charge in [0, 0.05) is 31.8 Å². The minimum atomic E-state index is -2.84. The molecule has 0 spiro atoms. The molecular formula is C25H26F4N8O2. The third-order valence-electron chi connectivity index (χ3n) is 7.02. The van der Waals surface area contributed by atoms with Crippen LogP contribution in [-0.2, 0) is 6.42 Å². The summed E-state index contributed by atoms with van der Waals surface area (Å²) in [4.78, 5) is 28.6. The molecule has 3 N–H and O–H groups in total. The van der Waals surface area contributed by atoms with Crippen LogP contribution >= 0.6 is 0 Å². The second-order valence-corrected chi connectivity index (χ2v) is 9.84. The fourth-order valence-electron chi connectivity index (χ4n) is 4.57. The van der Waals surface area contributed by atoms with E-state index in [9.17, 15) is 27.5 Å². The standard InChI is InChI=1S/C25H26F4N8O2/c1-13(35(2)22(38)14-6-7-19(31-10-14)36-11-25(39,12-36)23(28)29)4-3-5-18-32-21-16-8-15(26)9-17(27)20(16)33-24(30)37(21)34-18/h6-10,13,23,39H,3-5,11-12H2,1-2H3,(H2,30,33)/t13-/m0/s1. The average molecular weight is 547 g/mol. The lowest BCUT2D eigenvalue weighted by molar-refractivity contribution is -0.112. The van der Waals surface area contributed by atoms with Crippen LogP contribution < -0.4 is 10.6 Å². The highest BCUT2D eigenvalue weighted by Gasteiger charge is 2.49. The maximum absolute atomic E-state index is 14.2. The largest absolute Gasteiger partial charge is 0.380 e. The molecule has 1 fully saturated rings. The van der Waals surface area contributed by atoms with Crippen molar-refractivity contribution in [1.29, 1.82) is 0 Å². The Kier molecular flexibility index (Phi) is 6.74. The number of aliphatic hydroxyl groups is 1. The van der Waals surface area contributed by atoms with Crippen molar-refractivity contribution < 1.29 is 27.5 Å². The van der Waals surface area contributed by atoms with E-state index < -0.39 is 23.7 Å². The Hall–Kier alpha value is -4.07. The molecule has 4 heterocycles. The van der Waals surface area contributed by atoms with Crippen LogP contribution in [0.25, 0.3) is 16.6 Å². The molecule has 39 heavy (non-hydrogen) atoms. The van der Waals surface area contributed by atoms with Gasteiger partial charge in [-0.05, 0) is 38.0 Å². The van der Waals surface area contributed by atoms with Gasteiger partial charge in [-0.3, -0.25) is 4.79 Å². The van der Waals surface area contributed by atoms with Crippen molar-refractivity contribution in [2.24, 2.45) is 0 Å². The van der Waals surface area contributed by atoms with Crippen LogP contribution in [0.1, 0.15) is 35.9 Å². The number of aromatic nitrogens is 5. The Balaban J connectivity index is 1.19. The molecule has 10 nitrogen and oxygen atoms in total. The molecule has 4 aromatic rings. The zero-order chi connectivity index (χ0) is 28.1. The Labute approximate surface area is 220 Å². The van der Waals surface area contributed by atoms with Crippen LogP contribution in [0.3, 0.4) is 0 Å². The molecule has 1 amide bonds. The number of aryl methyl sites for hydroxylation is 1. The van der Waals surface area contributed by atoms with Crippen LogP contribution in [0, 0.1) is 11.6 Å². The zero-order valence-electron chi connectivity index (χ0n) is 21.2. The molecule has 1 aromatic carbocycles. The number of hydrogen-bond donors (Lipinski definition) is 2. The summed E-state index contributed by atoms with van der Waals surface area (Å²) in [6.45, 7) is 1.44. The first kappa shape index (κ1) is 26.5. The van der Waals surface area contributed by atoms with Crippen molar-refractivity contribution in [2.75, 3.05) is 30.8 Å². The molecule has 1 saturated heterocycles. The van der Waals surface area contributed by atoms with Gasteiger partial charge < -0.3 is 20.6 Å². The lowest BCUT2D eigenvalue weighted by atomic mass is 9.95. The Bertz CT molecular complexity index is 1540. The molecule has 5 rings (SSSR count). The van der Waals surface area contributed by atoms with E-state index in [4.69, 9.17) is 5.73 Å². The first-order valence-corrected chi connectivity index (χ1v) is 12.3. The van der Waals surface area contributed by atoms with Crippen molar-refractivity contribution in [1.82, 2.24) is 29.5 Å². The quantitative estimate of drug-likeness (QED) is 0.323. The van der Waals surface area contributed by atoms with Crippen LogP contribution in [0.15, 0.2) is 30.5 Å². The third kappa shape index (κ3) is 4.91. The molecule has 1 aliphatic rings. The Morgan fingerprint density at radius 3 is 2.64 bits per heavy atom. The first-order valence-electron chi connectivity index (χ1n) is 12.3. The van der Waals surface area contributed by atoms with Gasteiger partial charge in [-0.2, -0.15) is 4.52 Å². The van der Waals surface area contributed by atoms with Gasteiger partial charge in [0.15, 0.2) is 22.9 Å². The van der Waals surface area contributed by atoms with Gasteiger partial charge in [0.2, 0.25) is 5.95 Å². The predicted molar refractivity (Wildman–Crippen MR) is 135 cm³/mol. The Morgan fingerprint density at radius 1 is 1.23 bits per heavy atom. The number of halogens is 4. The summed E-state index contributed by atoms with van der Waals surface area (Å²) in [6.07, 6.45) is 0.209. The summed E-state index contributed by atoms with van der Waals surface area (Å²) in [5.74, 6) is -1.10. The fraction of sp³-hybridized carbons (Fsp3) is 0.400. The monoisotopic (exact) mass is 546 g/mol. The summed E-state index contributed by atoms with van der Waals surface area (Å²) in [5, 5.41) is 14.2. The van der Waals surface area contributed by atoms with E-state index in [0.29, 0.717) is 36.5 Å². The minimum Gasteiger partial charge on any atom is -0.380 e. The van der Waals surface area contributed by atoms with Crippen molar-refractivity contribution in [2.45, 2.75) is 44.3 Å². The maximum atomic E-state index is 14.2. The van der Waals surface area contributed by atoms with E-state index in [1.54, 1.807) is 24.1 Å². The zero-order valence-corrected chi connectivity index (χ0v) is 21.2. The van der Waals surface area contributed by atoms with Crippen molar-refractivity contribution in [3.8, 4) is 0 Å². The Morgan fingerprint density at radius 2 is 1.97 bits per heavy atom. The minimum absolute atomic E-state index is 0.0705. The number of alkyl halides is 2. The third-order valence-corrected chi connectivity index (χ3v) is 7.02. The van der Waals surface area contributed by atoms with Gasteiger partial charge in [0.1, 0.15) is 17.2 Å². The summed E-state index contributed by atoms with van der Waals surface area (Å²) in [7, 11) is 1.67. The number of nitrogen functional groups attached to an aromatic ring is 1. The molecule has 0 radical (unpaired) electrons. The van der Waals surface area contributed by atoms with E-state index in [0.717, 1.165) is 12.1 Å². The highest BCUT2D eigenvalue weighted by atomic mass is 19.3. The lowest BCUT2D eigenvalue weighted by Crippen LogP contribution is -2.66. The van der Waals surface area contributed by atoms with Gasteiger partial charge in [0.25, 0.3) is 12.3 Å². The van der Waals surface area contributed by atoms with Crippen molar-refractivity contribution >= 4 is 34.2 Å². The van der Waals surface area contributed by atoms with E-state index in [-0.39, 0.29) is 47.5 Å². The number of fused-ring (bicyclic) bond motifs is 3. The molecule has 0 bridgehead atoms. The maximum Gasteiger partial charge on any atom is 0.270 e. The van der Waals surface area contributed by atoms with E-state index in [2.05, 4.69) is 20.1 Å². The number of β-amino-alcohol motifs (C(OH)–C–C–N with tert-alkyl or cyclic N) is 1. The summed E-state index contributed by atoms with van der Waals surface area (Å²) in [6, 6.07) is 4.85. The van der Waals surface area contributed by atoms with Crippen molar-refractivity contribution in [3.05, 3.63) is 53.5 Å². The molecular weight excluding hydrogens is 520 g/mol. The van der Waals surface area contributed by atoms with Crippen molar-refractivity contribution in [3.63, 3.8) is 0 Å². The number of rotatable bonds is 8. The summed E-state index contributed by atoms with van der Waals surface area (Å²) in [5.41, 5.74) is 4.34. The second-order valence-electron chi connectivity index (χ2n) is 9.84. The van der Waals surface area contributed by atoms with Gasteiger partial charge in [-0.25, -0.2) is 32.5 Å². The number of amides is 1. The summed E-state index contributed by atoms with van der Waals surface area (Å²) >= 11 is 0. The van der Waals surface area contributed by atoms with E-state index in [1.807, 2.05) is 6.92 Å².